The van der Waals surface area contributed by atoms with E-state index in [1.165, 1.54) is 0 Å². The number of fused-ring (bicyclic) bond motifs is 2. The topological polar surface area (TPSA) is 95.7 Å². The number of benzene rings is 3. The number of carboxylic acid groups (broad SMARTS) is 1. The molecule has 198 valence electrons. The Hall–Kier alpha value is -4.65. The Bertz CT molecular complexity index is 1680. The van der Waals surface area contributed by atoms with E-state index in [1.54, 1.807) is 12.1 Å². The molecule has 2 heterocycles. The largest absolute Gasteiger partial charge is 0.481 e. The maximum Gasteiger partial charge on any atom is 0.305 e. The molecule has 1 atom stereocenters. The molecular weight excluding hydrogens is 488 g/mol. The number of anilines is 1. The van der Waals surface area contributed by atoms with Crippen molar-refractivity contribution >= 4 is 34.1 Å². The lowest BCUT2D eigenvalue weighted by atomic mass is 10.0. The molecule has 0 saturated heterocycles. The van der Waals surface area contributed by atoms with Crippen LogP contribution in [0.4, 0.5) is 5.82 Å². The van der Waals surface area contributed by atoms with Gasteiger partial charge in [0, 0.05) is 22.9 Å². The smallest absolute Gasteiger partial charge is 0.305 e. The molecule has 0 spiro atoms. The van der Waals surface area contributed by atoms with E-state index in [1.807, 2.05) is 53.9 Å². The van der Waals surface area contributed by atoms with Crippen molar-refractivity contribution < 1.29 is 14.7 Å². The number of imidazole rings is 1. The first-order valence-electron chi connectivity index (χ1n) is 13.0. The van der Waals surface area contributed by atoms with Gasteiger partial charge in [0.25, 0.3) is 5.91 Å². The molecule has 2 aromatic heterocycles. The van der Waals surface area contributed by atoms with E-state index >= 15 is 0 Å². The van der Waals surface area contributed by atoms with Crippen molar-refractivity contribution in [3.63, 3.8) is 0 Å². The molecule has 0 aliphatic heterocycles. The molecule has 0 aliphatic carbocycles. The summed E-state index contributed by atoms with van der Waals surface area (Å²) < 4.78 is 1.95. The van der Waals surface area contributed by atoms with Crippen molar-refractivity contribution in [1.29, 1.82) is 0 Å². The average molecular weight is 521 g/mol. The first-order valence-corrected chi connectivity index (χ1v) is 13.0. The molecule has 5 rings (SSSR count). The minimum atomic E-state index is -0.984. The van der Waals surface area contributed by atoms with Gasteiger partial charge in [-0.3, -0.25) is 14.0 Å². The Balaban J connectivity index is 1.53. The fraction of sp³-hybridized carbons (Fsp3) is 0.219. The number of aromatic nitrogens is 2. The van der Waals surface area contributed by atoms with Gasteiger partial charge in [0.1, 0.15) is 17.2 Å². The van der Waals surface area contributed by atoms with Crippen LogP contribution in [-0.4, -0.2) is 31.9 Å². The highest BCUT2D eigenvalue weighted by Gasteiger charge is 2.22. The number of pyridine rings is 1. The summed E-state index contributed by atoms with van der Waals surface area (Å²) in [7, 11) is 0. The standard InChI is InChI=1S/C32H32N4O3/c1-20-9-11-22(12-10-20)26(19-28(37)38)33-31(39)25-15-16-36-27(18-25)34-29(30(36)35-32(2,3)4)24-14-13-21-7-5-6-8-23(21)17-24/h5-18,26,35H,19H2,1-4H3,(H,33,39)(H,37,38). The summed E-state index contributed by atoms with van der Waals surface area (Å²) in [6.07, 6.45) is 1.61. The first-order chi connectivity index (χ1) is 18.6. The van der Waals surface area contributed by atoms with Crippen LogP contribution < -0.4 is 10.6 Å². The summed E-state index contributed by atoms with van der Waals surface area (Å²) in [5.41, 5.74) is 4.35. The second kappa shape index (κ2) is 10.3. The Morgan fingerprint density at radius 1 is 0.949 bits per heavy atom. The number of hydrogen-bond donors (Lipinski definition) is 3. The highest BCUT2D eigenvalue weighted by molar-refractivity contribution is 5.96. The second-order valence-electron chi connectivity index (χ2n) is 10.9. The van der Waals surface area contributed by atoms with Crippen LogP contribution in [0.2, 0.25) is 0 Å². The summed E-state index contributed by atoms with van der Waals surface area (Å²) in [5, 5.41) is 18.2. The average Bonchev–Trinajstić information content (AvgIpc) is 3.24. The number of hydrogen-bond acceptors (Lipinski definition) is 4. The van der Waals surface area contributed by atoms with E-state index in [0.717, 1.165) is 39.0 Å². The van der Waals surface area contributed by atoms with Crippen molar-refractivity contribution in [3.8, 4) is 11.3 Å². The fourth-order valence-corrected chi connectivity index (χ4v) is 4.67. The molecule has 1 amide bonds. The molecule has 7 nitrogen and oxygen atoms in total. The number of amides is 1. The Morgan fingerprint density at radius 2 is 1.67 bits per heavy atom. The van der Waals surface area contributed by atoms with Gasteiger partial charge in [0.15, 0.2) is 0 Å². The van der Waals surface area contributed by atoms with Gasteiger partial charge in [-0.25, -0.2) is 4.98 Å². The van der Waals surface area contributed by atoms with Crippen molar-refractivity contribution in [2.24, 2.45) is 0 Å². The van der Waals surface area contributed by atoms with Gasteiger partial charge in [0.05, 0.1) is 12.5 Å². The zero-order valence-electron chi connectivity index (χ0n) is 22.5. The van der Waals surface area contributed by atoms with Gasteiger partial charge in [0.2, 0.25) is 0 Å². The van der Waals surface area contributed by atoms with Crippen LogP contribution in [0.1, 0.15) is 54.7 Å². The van der Waals surface area contributed by atoms with Crippen molar-refractivity contribution in [1.82, 2.24) is 14.7 Å². The van der Waals surface area contributed by atoms with E-state index in [4.69, 9.17) is 4.98 Å². The van der Waals surface area contributed by atoms with Crippen LogP contribution in [0.5, 0.6) is 0 Å². The normalized spacial score (nSPS) is 12.4. The summed E-state index contributed by atoms with van der Waals surface area (Å²) in [6, 6.07) is 24.8. The van der Waals surface area contributed by atoms with Gasteiger partial charge in [-0.15, -0.1) is 0 Å². The number of nitrogens with zero attached hydrogens (tertiary/aromatic N) is 2. The zero-order valence-corrected chi connectivity index (χ0v) is 22.5. The molecule has 1 unspecified atom stereocenters. The zero-order chi connectivity index (χ0) is 27.7. The van der Waals surface area contributed by atoms with Crippen molar-refractivity contribution in [3.05, 3.63) is 102 Å². The Kier molecular flexibility index (Phi) is 6.83. The third-order valence-corrected chi connectivity index (χ3v) is 6.57. The molecule has 5 aromatic rings. The SMILES string of the molecule is Cc1ccc(C(CC(=O)O)NC(=O)c2ccn3c(NC(C)(C)C)c(-c4ccc5ccccc5c4)nc3c2)cc1. The van der Waals surface area contributed by atoms with Crippen LogP contribution in [0.15, 0.2) is 85.1 Å². The van der Waals surface area contributed by atoms with Gasteiger partial charge >= 0.3 is 5.97 Å². The maximum absolute atomic E-state index is 13.3. The first kappa shape index (κ1) is 26.0. The van der Waals surface area contributed by atoms with Crippen LogP contribution in [-0.2, 0) is 4.79 Å². The maximum atomic E-state index is 13.3. The Labute approximate surface area is 227 Å². The van der Waals surface area contributed by atoms with Crippen molar-refractivity contribution in [2.75, 3.05) is 5.32 Å². The highest BCUT2D eigenvalue weighted by Crippen LogP contribution is 2.33. The van der Waals surface area contributed by atoms with Crippen LogP contribution in [0.3, 0.4) is 0 Å². The number of carbonyl (C=O) groups excluding carboxylic acids is 1. The number of aryl methyl sites for hydroxylation is 1. The number of nitrogens with one attached hydrogen (secondary N) is 2. The summed E-state index contributed by atoms with van der Waals surface area (Å²) in [5.74, 6) is -0.504. The second-order valence-corrected chi connectivity index (χ2v) is 10.9. The predicted molar refractivity (Wildman–Crippen MR) is 155 cm³/mol. The number of rotatable bonds is 7. The van der Waals surface area contributed by atoms with Crippen molar-refractivity contribution in [2.45, 2.75) is 45.7 Å². The van der Waals surface area contributed by atoms with Gasteiger partial charge in [-0.1, -0.05) is 66.2 Å². The Morgan fingerprint density at radius 3 is 2.36 bits per heavy atom. The summed E-state index contributed by atoms with van der Waals surface area (Å²) in [4.78, 5) is 29.8. The third-order valence-electron chi connectivity index (χ3n) is 6.57. The lowest BCUT2D eigenvalue weighted by molar-refractivity contribution is -0.137. The van der Waals surface area contributed by atoms with Crippen LogP contribution in [0, 0.1) is 6.92 Å². The highest BCUT2D eigenvalue weighted by atomic mass is 16.4. The lowest BCUT2D eigenvalue weighted by Gasteiger charge is -2.22. The molecule has 39 heavy (non-hydrogen) atoms. The number of aliphatic carboxylic acids is 1. The number of carbonyl (C=O) groups is 2. The summed E-state index contributed by atoms with van der Waals surface area (Å²) >= 11 is 0. The minimum absolute atomic E-state index is 0.216. The molecule has 7 heteroatoms. The van der Waals surface area contributed by atoms with Gasteiger partial charge in [-0.2, -0.15) is 0 Å². The predicted octanol–water partition coefficient (Wildman–Crippen LogP) is 6.62. The quantitative estimate of drug-likeness (QED) is 0.224. The number of carboxylic acids is 1. The lowest BCUT2D eigenvalue weighted by Crippen LogP contribution is -2.30. The minimum Gasteiger partial charge on any atom is -0.481 e. The van der Waals surface area contributed by atoms with Gasteiger partial charge < -0.3 is 15.7 Å². The molecule has 3 N–H and O–H groups in total. The fourth-order valence-electron chi connectivity index (χ4n) is 4.67. The van der Waals surface area contributed by atoms with E-state index in [2.05, 4.69) is 61.7 Å². The van der Waals surface area contributed by atoms with Crippen LogP contribution >= 0.6 is 0 Å². The molecule has 0 radical (unpaired) electrons. The molecule has 0 fully saturated rings. The molecule has 0 bridgehead atoms. The van der Waals surface area contributed by atoms with E-state index in [0.29, 0.717) is 11.2 Å². The monoisotopic (exact) mass is 520 g/mol. The van der Waals surface area contributed by atoms with E-state index < -0.39 is 12.0 Å². The van der Waals surface area contributed by atoms with E-state index in [9.17, 15) is 14.7 Å². The third kappa shape index (κ3) is 5.77. The molecule has 0 aliphatic rings. The molecular formula is C32H32N4O3. The van der Waals surface area contributed by atoms with Gasteiger partial charge in [-0.05, 0) is 62.2 Å². The van der Waals surface area contributed by atoms with E-state index in [-0.39, 0.29) is 17.9 Å². The molecule has 3 aromatic carbocycles. The van der Waals surface area contributed by atoms with Crippen LogP contribution in [0.25, 0.3) is 27.7 Å². The summed E-state index contributed by atoms with van der Waals surface area (Å²) in [6.45, 7) is 8.23. The molecule has 0 saturated carbocycles.